The average molecular weight is 369 g/mol. The van der Waals surface area contributed by atoms with Crippen molar-refractivity contribution in [2.75, 3.05) is 0 Å². The summed E-state index contributed by atoms with van der Waals surface area (Å²) in [6.45, 7) is 1.96. The monoisotopic (exact) mass is 368 g/mol. The predicted molar refractivity (Wildman–Crippen MR) is 90.8 cm³/mol. The van der Waals surface area contributed by atoms with Crippen LogP contribution < -0.4 is 0 Å². The fraction of sp³-hybridized carbons (Fsp3) is 0.118. The minimum absolute atomic E-state index is 0.511. The molecule has 114 valence electrons. The molecule has 5 nitrogen and oxygen atoms in total. The molecule has 0 aliphatic carbocycles. The summed E-state index contributed by atoms with van der Waals surface area (Å²) in [5, 5.41) is 10.5. The van der Waals surface area contributed by atoms with Crippen LogP contribution in [0.25, 0.3) is 5.69 Å². The number of hydrogen-bond acceptors (Lipinski definition) is 4. The fourth-order valence-electron chi connectivity index (χ4n) is 2.80. The van der Waals surface area contributed by atoms with Crippen LogP contribution >= 0.6 is 15.9 Å². The molecule has 0 saturated carbocycles. The summed E-state index contributed by atoms with van der Waals surface area (Å²) in [7, 11) is 0. The second-order valence-corrected chi connectivity index (χ2v) is 6.24. The summed E-state index contributed by atoms with van der Waals surface area (Å²) in [4.78, 5) is 13.2. The molecule has 0 radical (unpaired) electrons. The first-order valence-corrected chi connectivity index (χ1v) is 7.96. The molecule has 1 aromatic carbocycles. The molecule has 1 aliphatic rings. The molecule has 3 aromatic rings. The van der Waals surface area contributed by atoms with Gasteiger partial charge in [0.1, 0.15) is 0 Å². The third-order valence-electron chi connectivity index (χ3n) is 3.81. The molecule has 1 atom stereocenters. The van der Waals surface area contributed by atoms with E-state index in [0.29, 0.717) is 17.2 Å². The van der Waals surface area contributed by atoms with E-state index in [9.17, 15) is 5.11 Å². The maximum absolute atomic E-state index is 10.5. The van der Waals surface area contributed by atoms with Crippen molar-refractivity contribution in [1.29, 1.82) is 0 Å². The number of aliphatic imine (C=N–C) groups is 1. The molecule has 23 heavy (non-hydrogen) atoms. The van der Waals surface area contributed by atoms with E-state index in [4.69, 9.17) is 0 Å². The van der Waals surface area contributed by atoms with E-state index in [1.165, 1.54) is 0 Å². The fourth-order valence-corrected chi connectivity index (χ4v) is 3.16. The number of benzene rings is 1. The van der Waals surface area contributed by atoms with Gasteiger partial charge >= 0.3 is 0 Å². The highest BCUT2D eigenvalue weighted by atomic mass is 79.9. The highest BCUT2D eigenvalue weighted by Gasteiger charge is 2.26. The van der Waals surface area contributed by atoms with Crippen molar-refractivity contribution in [1.82, 2.24) is 14.5 Å². The first kappa shape index (κ1) is 14.3. The second-order valence-electron chi connectivity index (χ2n) is 5.32. The zero-order valence-electron chi connectivity index (χ0n) is 12.3. The Morgan fingerprint density at radius 1 is 1.17 bits per heavy atom. The minimum Gasteiger partial charge on any atom is -0.365 e. The van der Waals surface area contributed by atoms with E-state index >= 15 is 0 Å². The largest absolute Gasteiger partial charge is 0.365 e. The van der Waals surface area contributed by atoms with Gasteiger partial charge in [0.15, 0.2) is 5.82 Å². The molecule has 1 N–H and O–H groups in total. The van der Waals surface area contributed by atoms with Crippen LogP contribution in [0.1, 0.15) is 29.0 Å². The van der Waals surface area contributed by atoms with E-state index in [2.05, 4.69) is 30.9 Å². The topological polar surface area (TPSA) is 63.3 Å². The summed E-state index contributed by atoms with van der Waals surface area (Å²) >= 11 is 3.52. The number of aliphatic hydroxyl groups excluding tert-OH is 1. The second kappa shape index (κ2) is 5.40. The third-order valence-corrected chi connectivity index (χ3v) is 4.30. The summed E-state index contributed by atoms with van der Waals surface area (Å²) in [6, 6.07) is 11.6. The van der Waals surface area contributed by atoms with Crippen LogP contribution in [0.3, 0.4) is 0 Å². The zero-order valence-corrected chi connectivity index (χ0v) is 13.9. The van der Waals surface area contributed by atoms with Crippen molar-refractivity contribution in [3.8, 4) is 5.69 Å². The number of pyridine rings is 1. The van der Waals surface area contributed by atoms with E-state index in [1.54, 1.807) is 12.4 Å². The van der Waals surface area contributed by atoms with Gasteiger partial charge in [0, 0.05) is 28.1 Å². The Kier molecular flexibility index (Phi) is 3.36. The number of hydrogen-bond donors (Lipinski definition) is 1. The Hall–Kier alpha value is -2.31. The molecule has 0 spiro atoms. The Balaban J connectivity index is 2.06. The van der Waals surface area contributed by atoms with Gasteiger partial charge in [-0.2, -0.15) is 0 Å². The number of aromatic nitrogens is 3. The smallest absolute Gasteiger partial charge is 0.205 e. The van der Waals surface area contributed by atoms with Crippen molar-refractivity contribution < 1.29 is 5.11 Å². The molecule has 6 heteroatoms. The lowest BCUT2D eigenvalue weighted by atomic mass is 10.0. The van der Waals surface area contributed by atoms with Crippen molar-refractivity contribution in [3.05, 3.63) is 76.0 Å². The molecule has 2 aromatic heterocycles. The van der Waals surface area contributed by atoms with Gasteiger partial charge in [0.05, 0.1) is 17.1 Å². The summed E-state index contributed by atoms with van der Waals surface area (Å²) < 4.78 is 2.88. The molecule has 3 heterocycles. The molecule has 1 aliphatic heterocycles. The minimum atomic E-state index is -1.04. The third kappa shape index (κ3) is 2.31. The number of imidazole rings is 1. The van der Waals surface area contributed by atoms with Gasteiger partial charge in [-0.15, -0.1) is 0 Å². The molecular formula is C17H13BrN4O. The number of halogens is 1. The van der Waals surface area contributed by atoms with Crippen molar-refractivity contribution in [2.24, 2.45) is 4.99 Å². The maximum atomic E-state index is 10.5. The maximum Gasteiger partial charge on any atom is 0.205 e. The number of nitrogens with zero attached hydrogens (tertiary/aromatic N) is 4. The quantitative estimate of drug-likeness (QED) is 0.717. The van der Waals surface area contributed by atoms with E-state index in [0.717, 1.165) is 21.4 Å². The molecular weight excluding hydrogens is 356 g/mol. The molecule has 0 fully saturated rings. The summed E-state index contributed by atoms with van der Waals surface area (Å²) in [5.74, 6) is 0.511. The number of fused-ring (bicyclic) bond motifs is 3. The molecule has 0 bridgehead atoms. The zero-order chi connectivity index (χ0) is 16.0. The molecule has 4 rings (SSSR count). The normalized spacial score (nSPS) is 16.3. The van der Waals surface area contributed by atoms with Gasteiger partial charge in [-0.3, -0.25) is 9.55 Å². The standard InChI is InChI=1S/C17H13BrN4O/c1-10-9-20-16-17(23)21-15(13-4-2-3-7-19-13)12-8-11(18)5-6-14(12)22(10)16/h2-9,17,23H,1H3. The van der Waals surface area contributed by atoms with E-state index in [-0.39, 0.29) is 0 Å². The molecule has 0 amide bonds. The first-order valence-electron chi connectivity index (χ1n) is 7.17. The van der Waals surface area contributed by atoms with Crippen molar-refractivity contribution in [2.45, 2.75) is 13.2 Å². The molecule has 0 saturated heterocycles. The Labute approximate surface area is 141 Å². The van der Waals surface area contributed by atoms with Crippen LogP contribution in [-0.2, 0) is 0 Å². The predicted octanol–water partition coefficient (Wildman–Crippen LogP) is 3.18. The van der Waals surface area contributed by atoms with E-state index in [1.807, 2.05) is 47.9 Å². The summed E-state index contributed by atoms with van der Waals surface area (Å²) in [5.41, 5.74) is 4.14. The van der Waals surface area contributed by atoms with Crippen molar-refractivity contribution >= 4 is 21.6 Å². The van der Waals surface area contributed by atoms with Gasteiger partial charge in [-0.05, 0) is 37.3 Å². The SMILES string of the molecule is Cc1cnc2n1-c1ccc(Br)cc1C(c1ccccn1)=NC2O. The van der Waals surface area contributed by atoms with Gasteiger partial charge in [-0.25, -0.2) is 9.98 Å². The van der Waals surface area contributed by atoms with Gasteiger partial charge in [0.25, 0.3) is 0 Å². The van der Waals surface area contributed by atoms with Crippen LogP contribution in [0.2, 0.25) is 0 Å². The first-order chi connectivity index (χ1) is 11.1. The average Bonchev–Trinajstić information content (AvgIpc) is 2.89. The lowest BCUT2D eigenvalue weighted by Crippen LogP contribution is -2.09. The van der Waals surface area contributed by atoms with Crippen LogP contribution in [0.15, 0.2) is 58.3 Å². The van der Waals surface area contributed by atoms with Crippen LogP contribution in [-0.4, -0.2) is 25.4 Å². The Morgan fingerprint density at radius 2 is 2.04 bits per heavy atom. The van der Waals surface area contributed by atoms with Crippen LogP contribution in [0, 0.1) is 6.92 Å². The number of aryl methyl sites for hydroxylation is 1. The Bertz CT molecular complexity index is 918. The van der Waals surface area contributed by atoms with Crippen LogP contribution in [0.4, 0.5) is 0 Å². The number of rotatable bonds is 1. The van der Waals surface area contributed by atoms with Gasteiger partial charge in [-0.1, -0.05) is 22.0 Å². The van der Waals surface area contributed by atoms with E-state index < -0.39 is 6.23 Å². The Morgan fingerprint density at radius 3 is 2.83 bits per heavy atom. The summed E-state index contributed by atoms with van der Waals surface area (Å²) in [6.07, 6.45) is 2.43. The van der Waals surface area contributed by atoms with Gasteiger partial charge in [0.2, 0.25) is 6.23 Å². The highest BCUT2D eigenvalue weighted by Crippen LogP contribution is 2.31. The lowest BCUT2D eigenvalue weighted by molar-refractivity contribution is 0.177. The van der Waals surface area contributed by atoms with Gasteiger partial charge < -0.3 is 5.11 Å². The van der Waals surface area contributed by atoms with Crippen LogP contribution in [0.5, 0.6) is 0 Å². The highest BCUT2D eigenvalue weighted by molar-refractivity contribution is 9.10. The lowest BCUT2D eigenvalue weighted by Gasteiger charge is -2.13. The van der Waals surface area contributed by atoms with Crippen molar-refractivity contribution in [3.63, 3.8) is 0 Å². The number of aliphatic hydroxyl groups is 1. The molecule has 1 unspecified atom stereocenters.